The minimum atomic E-state index is -4.42. The van der Waals surface area contributed by atoms with Gasteiger partial charge in [-0.15, -0.1) is 12.6 Å². The number of halogens is 3. The third-order valence-electron chi connectivity index (χ3n) is 3.26. The second-order valence-electron chi connectivity index (χ2n) is 4.87. The molecule has 2 nitrogen and oxygen atoms in total. The van der Waals surface area contributed by atoms with Crippen molar-refractivity contribution in [3.8, 4) is 0 Å². The van der Waals surface area contributed by atoms with Crippen molar-refractivity contribution in [2.75, 3.05) is 7.11 Å². The molecule has 1 aliphatic carbocycles. The Hall–Kier alpha value is -0.910. The number of alkyl halides is 3. The Kier molecular flexibility index (Phi) is 4.76. The van der Waals surface area contributed by atoms with Crippen molar-refractivity contribution in [3.63, 3.8) is 0 Å². The Morgan fingerprint density at radius 1 is 1.53 bits per heavy atom. The van der Waals surface area contributed by atoms with Crippen LogP contribution in [0.5, 0.6) is 0 Å². The van der Waals surface area contributed by atoms with E-state index >= 15 is 0 Å². The van der Waals surface area contributed by atoms with Gasteiger partial charge in [0.15, 0.2) is 0 Å². The van der Waals surface area contributed by atoms with Gasteiger partial charge in [-0.3, -0.25) is 4.79 Å². The van der Waals surface area contributed by atoms with Crippen molar-refractivity contribution in [3.05, 3.63) is 22.1 Å². The number of esters is 1. The lowest BCUT2D eigenvalue weighted by atomic mass is 10.0. The summed E-state index contributed by atoms with van der Waals surface area (Å²) >= 11 is 3.89. The van der Waals surface area contributed by atoms with Gasteiger partial charge in [0.1, 0.15) is 0 Å². The minimum Gasteiger partial charge on any atom is -0.469 e. The quantitative estimate of drug-likeness (QED) is 0.625. The molecule has 1 atom stereocenters. The molecule has 6 heteroatoms. The highest BCUT2D eigenvalue weighted by atomic mass is 32.1. The minimum absolute atomic E-state index is 0.00678. The van der Waals surface area contributed by atoms with E-state index in [-0.39, 0.29) is 17.7 Å². The van der Waals surface area contributed by atoms with Crippen LogP contribution < -0.4 is 0 Å². The molecule has 0 bridgehead atoms. The number of carbonyl (C=O) groups excluding carboxylic acids is 1. The molecule has 0 spiro atoms. The first kappa shape index (κ1) is 16.1. The van der Waals surface area contributed by atoms with Crippen LogP contribution in [0.4, 0.5) is 13.2 Å². The van der Waals surface area contributed by atoms with Crippen LogP contribution in [0.3, 0.4) is 0 Å². The molecule has 1 fully saturated rings. The van der Waals surface area contributed by atoms with Crippen LogP contribution >= 0.6 is 12.6 Å². The zero-order valence-electron chi connectivity index (χ0n) is 11.1. The van der Waals surface area contributed by atoms with Crippen LogP contribution in [-0.4, -0.2) is 19.3 Å². The molecule has 19 heavy (non-hydrogen) atoms. The van der Waals surface area contributed by atoms with Gasteiger partial charge in [-0.05, 0) is 23.8 Å². The first-order valence-electron chi connectivity index (χ1n) is 5.91. The van der Waals surface area contributed by atoms with Crippen LogP contribution in [0.25, 0.3) is 0 Å². The maximum absolute atomic E-state index is 12.9. The van der Waals surface area contributed by atoms with Gasteiger partial charge < -0.3 is 4.74 Å². The number of hydrogen-bond acceptors (Lipinski definition) is 3. The fourth-order valence-electron chi connectivity index (χ4n) is 1.86. The smallest absolute Gasteiger partial charge is 0.417 e. The number of carbonyl (C=O) groups is 1. The molecular weight excluding hydrogens is 277 g/mol. The molecule has 1 saturated carbocycles. The van der Waals surface area contributed by atoms with Gasteiger partial charge >= 0.3 is 12.1 Å². The molecule has 0 saturated heterocycles. The van der Waals surface area contributed by atoms with Crippen LogP contribution in [0.2, 0.25) is 0 Å². The molecule has 1 rings (SSSR count). The fraction of sp³-hybridized carbons (Fsp3) is 0.615. The van der Waals surface area contributed by atoms with Crippen molar-refractivity contribution >= 4 is 18.6 Å². The lowest BCUT2D eigenvalue weighted by Gasteiger charge is -2.11. The van der Waals surface area contributed by atoms with Gasteiger partial charge in [0.2, 0.25) is 0 Å². The zero-order valence-corrected chi connectivity index (χ0v) is 12.0. The Morgan fingerprint density at radius 2 is 2.11 bits per heavy atom. The summed E-state index contributed by atoms with van der Waals surface area (Å²) in [5.74, 6) is -0.412. The third-order valence-corrected chi connectivity index (χ3v) is 3.82. The molecule has 0 amide bonds. The van der Waals surface area contributed by atoms with E-state index in [1.807, 2.05) is 0 Å². The summed E-state index contributed by atoms with van der Waals surface area (Å²) < 4.78 is 43.2. The molecule has 0 radical (unpaired) electrons. The van der Waals surface area contributed by atoms with Crippen molar-refractivity contribution < 1.29 is 22.7 Å². The van der Waals surface area contributed by atoms with Crippen LogP contribution in [-0.2, 0) is 9.53 Å². The summed E-state index contributed by atoms with van der Waals surface area (Å²) in [6.45, 7) is 3.38. The second kappa shape index (κ2) is 5.61. The summed E-state index contributed by atoms with van der Waals surface area (Å²) in [5.41, 5.74) is -0.613. The standard InChI is InChI=1S/C13H17F3O2S/c1-4-10(19)9(13(14,15)16)5-8-6-12(8,2)7-11(17)18-3/h5,19H,4,6-7H2,1-3H3/b8-5+,10-9-/t12-/m1/s1. The van der Waals surface area contributed by atoms with Crippen LogP contribution in [0.1, 0.15) is 33.1 Å². The highest BCUT2D eigenvalue weighted by Gasteiger charge is 2.47. The molecule has 0 heterocycles. The number of methoxy groups -OCH3 is 1. The summed E-state index contributed by atoms with van der Waals surface area (Å²) in [6, 6.07) is 0. The maximum Gasteiger partial charge on any atom is 0.417 e. The lowest BCUT2D eigenvalue weighted by Crippen LogP contribution is -2.12. The lowest BCUT2D eigenvalue weighted by molar-refractivity contribution is -0.141. The SMILES string of the molecule is CC/C(S)=C(\C=C1/C[C@]1(C)CC(=O)OC)C(F)(F)F. The van der Waals surface area contributed by atoms with E-state index in [9.17, 15) is 18.0 Å². The predicted molar refractivity (Wildman–Crippen MR) is 69.8 cm³/mol. The summed E-state index contributed by atoms with van der Waals surface area (Å²) in [6.07, 6.45) is -2.50. The average molecular weight is 294 g/mol. The molecule has 0 aromatic rings. The average Bonchev–Trinajstić information content (AvgIpc) is 2.93. The Balaban J connectivity index is 2.95. The number of thiol groups is 1. The second-order valence-corrected chi connectivity index (χ2v) is 5.41. The molecule has 0 aromatic carbocycles. The van der Waals surface area contributed by atoms with E-state index in [4.69, 9.17) is 0 Å². The monoisotopic (exact) mass is 294 g/mol. The van der Waals surface area contributed by atoms with E-state index in [1.54, 1.807) is 13.8 Å². The van der Waals surface area contributed by atoms with Crippen molar-refractivity contribution in [2.24, 2.45) is 5.41 Å². The van der Waals surface area contributed by atoms with Crippen molar-refractivity contribution in [1.29, 1.82) is 0 Å². The molecule has 108 valence electrons. The van der Waals surface area contributed by atoms with E-state index in [2.05, 4.69) is 17.4 Å². The number of rotatable bonds is 4. The largest absolute Gasteiger partial charge is 0.469 e. The van der Waals surface area contributed by atoms with E-state index in [0.717, 1.165) is 6.08 Å². The van der Waals surface area contributed by atoms with Crippen molar-refractivity contribution in [1.82, 2.24) is 0 Å². The first-order valence-corrected chi connectivity index (χ1v) is 6.36. The van der Waals surface area contributed by atoms with E-state index in [1.165, 1.54) is 7.11 Å². The molecule has 0 aromatic heterocycles. The van der Waals surface area contributed by atoms with E-state index in [0.29, 0.717) is 12.0 Å². The first-order chi connectivity index (χ1) is 8.64. The van der Waals surface area contributed by atoms with Crippen LogP contribution in [0.15, 0.2) is 22.1 Å². The van der Waals surface area contributed by atoms with Gasteiger partial charge in [0.05, 0.1) is 19.1 Å². The normalized spacial score (nSPS) is 26.2. The van der Waals surface area contributed by atoms with Gasteiger partial charge in [0.25, 0.3) is 0 Å². The molecule has 0 aliphatic heterocycles. The molecule has 0 N–H and O–H groups in total. The zero-order chi connectivity index (χ0) is 14.8. The van der Waals surface area contributed by atoms with Gasteiger partial charge in [-0.2, -0.15) is 13.2 Å². The summed E-state index contributed by atoms with van der Waals surface area (Å²) in [5, 5.41) is 0. The summed E-state index contributed by atoms with van der Waals surface area (Å²) in [7, 11) is 1.27. The van der Waals surface area contributed by atoms with Gasteiger partial charge in [0, 0.05) is 5.41 Å². The van der Waals surface area contributed by atoms with Crippen LogP contribution in [0, 0.1) is 5.41 Å². The van der Waals surface area contributed by atoms with Gasteiger partial charge in [-0.25, -0.2) is 0 Å². The number of hydrogen-bond donors (Lipinski definition) is 1. The topological polar surface area (TPSA) is 26.3 Å². The molecule has 1 aliphatic rings. The fourth-order valence-corrected chi connectivity index (χ4v) is 2.05. The predicted octanol–water partition coefficient (Wildman–Crippen LogP) is 4.04. The Labute approximate surface area is 116 Å². The highest BCUT2D eigenvalue weighted by molar-refractivity contribution is 7.84. The summed E-state index contributed by atoms with van der Waals surface area (Å²) in [4.78, 5) is 11.2. The van der Waals surface area contributed by atoms with Crippen molar-refractivity contribution in [2.45, 2.75) is 39.3 Å². The number of allylic oxidation sites excluding steroid dienone is 4. The van der Waals surface area contributed by atoms with Gasteiger partial charge in [-0.1, -0.05) is 19.4 Å². The highest BCUT2D eigenvalue weighted by Crippen LogP contribution is 2.55. The number of ether oxygens (including phenoxy) is 1. The third kappa shape index (κ3) is 4.03. The van der Waals surface area contributed by atoms with E-state index < -0.39 is 23.1 Å². The Morgan fingerprint density at radius 3 is 2.53 bits per heavy atom. The molecular formula is C13H17F3O2S. The maximum atomic E-state index is 12.9. The molecule has 0 unspecified atom stereocenters. The Bertz CT molecular complexity index is 438.